The quantitative estimate of drug-likeness (QED) is 0.489. The summed E-state index contributed by atoms with van der Waals surface area (Å²) in [6, 6.07) is 3.53. The standard InChI is InChI=1S/C20H21F6N3O/c1-2-3-9-29(10-5-8-27)12-16(30)14-11-17(20(24,25)26)28-18-13(14)6-4-7-15(18)19(21,22)23/h1,4,6-7,11,16,30H,3,5,8-10,12,27H2. The number of halogens is 6. The molecule has 10 heteroatoms. The highest BCUT2D eigenvalue weighted by Crippen LogP contribution is 2.39. The van der Waals surface area contributed by atoms with E-state index in [1.54, 1.807) is 4.90 Å². The number of alkyl halides is 6. The molecular weight excluding hydrogens is 412 g/mol. The van der Waals surface area contributed by atoms with E-state index in [9.17, 15) is 31.4 Å². The highest BCUT2D eigenvalue weighted by atomic mass is 19.4. The van der Waals surface area contributed by atoms with Gasteiger partial charge in [-0.05, 0) is 37.2 Å². The van der Waals surface area contributed by atoms with Gasteiger partial charge in [0, 0.05) is 24.9 Å². The number of para-hydroxylation sites is 1. The molecule has 0 aliphatic rings. The van der Waals surface area contributed by atoms with Crippen molar-refractivity contribution in [1.29, 1.82) is 0 Å². The summed E-state index contributed by atoms with van der Waals surface area (Å²) in [5.74, 6) is 2.43. The molecule has 0 radical (unpaired) electrons. The van der Waals surface area contributed by atoms with Crippen molar-refractivity contribution in [2.24, 2.45) is 5.73 Å². The van der Waals surface area contributed by atoms with Crippen molar-refractivity contribution < 1.29 is 31.4 Å². The van der Waals surface area contributed by atoms with Gasteiger partial charge in [0.05, 0.1) is 17.2 Å². The second-order valence-electron chi connectivity index (χ2n) is 6.71. The van der Waals surface area contributed by atoms with Gasteiger partial charge in [0.2, 0.25) is 0 Å². The third kappa shape index (κ3) is 5.84. The molecule has 0 bridgehead atoms. The second-order valence-corrected chi connectivity index (χ2v) is 6.71. The van der Waals surface area contributed by atoms with Crippen LogP contribution in [0.25, 0.3) is 10.9 Å². The summed E-state index contributed by atoms with van der Waals surface area (Å²) in [7, 11) is 0. The molecule has 2 aromatic rings. The Balaban J connectivity index is 2.56. The lowest BCUT2D eigenvalue weighted by Gasteiger charge is -2.25. The fraction of sp³-hybridized carbons (Fsp3) is 0.450. The Morgan fingerprint density at radius 1 is 1.13 bits per heavy atom. The highest BCUT2D eigenvalue weighted by molar-refractivity contribution is 5.86. The zero-order valence-electron chi connectivity index (χ0n) is 15.9. The Morgan fingerprint density at radius 2 is 1.83 bits per heavy atom. The average Bonchev–Trinajstić information content (AvgIpc) is 2.67. The largest absolute Gasteiger partial charge is 0.433 e. The van der Waals surface area contributed by atoms with Gasteiger partial charge in [-0.2, -0.15) is 26.3 Å². The molecule has 2 rings (SSSR count). The van der Waals surface area contributed by atoms with Crippen LogP contribution in [0.4, 0.5) is 26.3 Å². The molecule has 0 spiro atoms. The number of nitrogens with zero attached hydrogens (tertiary/aromatic N) is 2. The minimum absolute atomic E-state index is 0.117. The fourth-order valence-electron chi connectivity index (χ4n) is 3.10. The number of pyridine rings is 1. The molecule has 1 unspecified atom stereocenters. The molecule has 164 valence electrons. The maximum absolute atomic E-state index is 13.3. The molecular formula is C20H21F6N3O. The van der Waals surface area contributed by atoms with Gasteiger partial charge in [-0.1, -0.05) is 12.1 Å². The van der Waals surface area contributed by atoms with Crippen molar-refractivity contribution in [2.45, 2.75) is 31.3 Å². The van der Waals surface area contributed by atoms with Crippen LogP contribution in [0.15, 0.2) is 24.3 Å². The van der Waals surface area contributed by atoms with Gasteiger partial charge < -0.3 is 10.8 Å². The lowest BCUT2D eigenvalue weighted by Crippen LogP contribution is -2.32. The molecule has 0 amide bonds. The molecule has 0 aliphatic heterocycles. The van der Waals surface area contributed by atoms with Gasteiger partial charge in [0.1, 0.15) is 5.69 Å². The summed E-state index contributed by atoms with van der Waals surface area (Å²) >= 11 is 0. The molecule has 1 atom stereocenters. The van der Waals surface area contributed by atoms with Crippen molar-refractivity contribution in [1.82, 2.24) is 9.88 Å². The van der Waals surface area contributed by atoms with Crippen molar-refractivity contribution in [3.63, 3.8) is 0 Å². The minimum Gasteiger partial charge on any atom is -0.387 e. The molecule has 4 nitrogen and oxygen atoms in total. The van der Waals surface area contributed by atoms with Crippen molar-refractivity contribution in [3.05, 3.63) is 41.1 Å². The molecule has 1 heterocycles. The zero-order valence-corrected chi connectivity index (χ0v) is 15.9. The number of aromatic nitrogens is 1. The lowest BCUT2D eigenvalue weighted by atomic mass is 9.99. The fourth-order valence-corrected chi connectivity index (χ4v) is 3.10. The maximum Gasteiger partial charge on any atom is 0.433 e. The van der Waals surface area contributed by atoms with E-state index >= 15 is 0 Å². The van der Waals surface area contributed by atoms with Gasteiger partial charge >= 0.3 is 12.4 Å². The van der Waals surface area contributed by atoms with E-state index in [1.165, 1.54) is 6.07 Å². The van der Waals surface area contributed by atoms with Crippen LogP contribution in [0.3, 0.4) is 0 Å². The van der Waals surface area contributed by atoms with Crippen LogP contribution in [-0.4, -0.2) is 41.2 Å². The molecule has 0 saturated heterocycles. The molecule has 0 fully saturated rings. The summed E-state index contributed by atoms with van der Waals surface area (Å²) in [5.41, 5.74) is 1.54. The number of hydrogen-bond acceptors (Lipinski definition) is 4. The summed E-state index contributed by atoms with van der Waals surface area (Å²) in [4.78, 5) is 4.93. The molecule has 30 heavy (non-hydrogen) atoms. The lowest BCUT2D eigenvalue weighted by molar-refractivity contribution is -0.142. The molecule has 0 saturated carbocycles. The van der Waals surface area contributed by atoms with Gasteiger partial charge in [-0.15, -0.1) is 12.3 Å². The first-order chi connectivity index (χ1) is 14.0. The van der Waals surface area contributed by atoms with Crippen LogP contribution in [0.2, 0.25) is 0 Å². The number of aliphatic hydroxyl groups excluding tert-OH is 1. The van der Waals surface area contributed by atoms with Crippen LogP contribution in [0, 0.1) is 12.3 Å². The van der Waals surface area contributed by atoms with Crippen LogP contribution >= 0.6 is 0 Å². The van der Waals surface area contributed by atoms with Crippen molar-refractivity contribution in [3.8, 4) is 12.3 Å². The first kappa shape index (κ1) is 23.9. The van der Waals surface area contributed by atoms with E-state index in [4.69, 9.17) is 12.2 Å². The number of benzene rings is 1. The van der Waals surface area contributed by atoms with Gasteiger partial charge in [0.15, 0.2) is 0 Å². The number of rotatable bonds is 8. The van der Waals surface area contributed by atoms with E-state index < -0.39 is 35.2 Å². The van der Waals surface area contributed by atoms with Crippen LogP contribution in [-0.2, 0) is 12.4 Å². The number of terminal acetylenes is 1. The Morgan fingerprint density at radius 3 is 2.40 bits per heavy atom. The van der Waals surface area contributed by atoms with E-state index in [0.29, 0.717) is 44.6 Å². The number of hydrogen-bond donors (Lipinski definition) is 2. The van der Waals surface area contributed by atoms with Crippen LogP contribution in [0.1, 0.15) is 35.8 Å². The molecule has 1 aromatic heterocycles. The van der Waals surface area contributed by atoms with E-state index in [0.717, 1.165) is 6.07 Å². The Hall–Kier alpha value is -2.35. The number of fused-ring (bicyclic) bond motifs is 1. The summed E-state index contributed by atoms with van der Waals surface area (Å²) in [5, 5.41) is 10.5. The zero-order chi connectivity index (χ0) is 22.5. The first-order valence-electron chi connectivity index (χ1n) is 9.11. The Labute approximate surface area is 169 Å². The SMILES string of the molecule is C#CCCN(CCCN)CC(O)c1cc(C(F)(F)F)nc2c(C(F)(F)F)cccc12. The average molecular weight is 433 g/mol. The number of nitrogens with two attached hydrogens (primary N) is 1. The maximum atomic E-state index is 13.3. The predicted molar refractivity (Wildman–Crippen MR) is 100 cm³/mol. The van der Waals surface area contributed by atoms with E-state index in [1.807, 2.05) is 0 Å². The summed E-state index contributed by atoms with van der Waals surface area (Å²) in [6.45, 7) is 1.02. The monoisotopic (exact) mass is 433 g/mol. The second kappa shape index (κ2) is 9.64. The minimum atomic E-state index is -4.98. The topological polar surface area (TPSA) is 62.4 Å². The third-order valence-corrected chi connectivity index (χ3v) is 4.51. The summed E-state index contributed by atoms with van der Waals surface area (Å²) in [6.07, 6.45) is -5.24. The van der Waals surface area contributed by atoms with Gasteiger partial charge in [-0.3, -0.25) is 4.90 Å². The summed E-state index contributed by atoms with van der Waals surface area (Å²) < 4.78 is 80.0. The van der Waals surface area contributed by atoms with Crippen molar-refractivity contribution >= 4 is 10.9 Å². The first-order valence-corrected chi connectivity index (χ1v) is 9.11. The third-order valence-electron chi connectivity index (χ3n) is 4.51. The Bertz CT molecular complexity index is 904. The number of aliphatic hydroxyl groups is 1. The highest BCUT2D eigenvalue weighted by Gasteiger charge is 2.38. The predicted octanol–water partition coefficient (Wildman–Crippen LogP) is 3.98. The smallest absolute Gasteiger partial charge is 0.387 e. The van der Waals surface area contributed by atoms with E-state index in [-0.39, 0.29) is 17.5 Å². The molecule has 1 aromatic carbocycles. The van der Waals surface area contributed by atoms with Crippen LogP contribution < -0.4 is 5.73 Å². The van der Waals surface area contributed by atoms with Gasteiger partial charge in [0.25, 0.3) is 0 Å². The molecule has 0 aliphatic carbocycles. The van der Waals surface area contributed by atoms with Crippen LogP contribution in [0.5, 0.6) is 0 Å². The molecule has 3 N–H and O–H groups in total. The van der Waals surface area contributed by atoms with E-state index in [2.05, 4.69) is 10.9 Å². The normalized spacial score (nSPS) is 13.6. The Kier molecular flexibility index (Phi) is 7.69. The van der Waals surface area contributed by atoms with Crippen molar-refractivity contribution in [2.75, 3.05) is 26.2 Å². The van der Waals surface area contributed by atoms with Gasteiger partial charge in [-0.25, -0.2) is 4.98 Å².